The van der Waals surface area contributed by atoms with Gasteiger partial charge in [0, 0.05) is 23.3 Å². The average molecular weight is 298 g/mol. The number of carbonyl (C=O) groups excluding carboxylic acids is 1. The highest BCUT2D eigenvalue weighted by atomic mass is 16.5. The van der Waals surface area contributed by atoms with Crippen LogP contribution in [-0.2, 0) is 11.2 Å². The summed E-state index contributed by atoms with van der Waals surface area (Å²) in [6.45, 7) is 0.598. The predicted octanol–water partition coefficient (Wildman–Crippen LogP) is 1.46. The van der Waals surface area contributed by atoms with Crippen LogP contribution in [0.25, 0.3) is 21.9 Å². The molecule has 22 heavy (non-hydrogen) atoms. The molecule has 7 nitrogen and oxygen atoms in total. The number of benzene rings is 1. The lowest BCUT2D eigenvalue weighted by Crippen LogP contribution is -2.09. The number of methoxy groups -OCH3 is 1. The normalized spacial score (nSPS) is 13.1. The number of carbonyl (C=O) groups is 1. The van der Waals surface area contributed by atoms with Crippen molar-refractivity contribution >= 4 is 27.8 Å². The molecule has 1 aliphatic heterocycles. The quantitative estimate of drug-likeness (QED) is 0.381. The van der Waals surface area contributed by atoms with E-state index in [-0.39, 0.29) is 11.2 Å². The fourth-order valence-electron chi connectivity index (χ4n) is 2.60. The SMILES string of the molecule is COC(=O)c1cc2c(nn1)c(=O)oc1cc3c(cc12)CCO3. The summed E-state index contributed by atoms with van der Waals surface area (Å²) in [7, 11) is 1.26. The Morgan fingerprint density at radius 3 is 2.91 bits per heavy atom. The van der Waals surface area contributed by atoms with Gasteiger partial charge in [-0.2, -0.15) is 0 Å². The van der Waals surface area contributed by atoms with Gasteiger partial charge in [0.15, 0.2) is 11.2 Å². The van der Waals surface area contributed by atoms with Gasteiger partial charge < -0.3 is 13.9 Å². The van der Waals surface area contributed by atoms with Crippen LogP contribution in [-0.4, -0.2) is 29.9 Å². The highest BCUT2D eigenvalue weighted by Crippen LogP contribution is 2.32. The zero-order valence-electron chi connectivity index (χ0n) is 11.6. The van der Waals surface area contributed by atoms with Crippen molar-refractivity contribution < 1.29 is 18.7 Å². The molecule has 0 fully saturated rings. The Morgan fingerprint density at radius 1 is 1.23 bits per heavy atom. The van der Waals surface area contributed by atoms with Crippen LogP contribution in [0.15, 0.2) is 27.4 Å². The number of aromatic nitrogens is 2. The molecule has 3 aromatic rings. The van der Waals surface area contributed by atoms with E-state index in [0.717, 1.165) is 12.0 Å². The van der Waals surface area contributed by atoms with Crippen LogP contribution in [0.1, 0.15) is 16.1 Å². The molecule has 2 aromatic heterocycles. The molecule has 0 saturated carbocycles. The van der Waals surface area contributed by atoms with E-state index in [9.17, 15) is 9.59 Å². The van der Waals surface area contributed by atoms with E-state index in [1.54, 1.807) is 6.07 Å². The van der Waals surface area contributed by atoms with Crippen molar-refractivity contribution in [3.63, 3.8) is 0 Å². The van der Waals surface area contributed by atoms with Crippen molar-refractivity contribution in [2.24, 2.45) is 0 Å². The Kier molecular flexibility index (Phi) is 2.62. The third-order valence-corrected chi connectivity index (χ3v) is 3.67. The number of hydrogen-bond donors (Lipinski definition) is 0. The smallest absolute Gasteiger partial charge is 0.364 e. The second-order valence-corrected chi connectivity index (χ2v) is 4.93. The minimum absolute atomic E-state index is 0.0404. The second-order valence-electron chi connectivity index (χ2n) is 4.93. The van der Waals surface area contributed by atoms with E-state index in [4.69, 9.17) is 9.15 Å². The Bertz CT molecular complexity index is 993. The summed E-state index contributed by atoms with van der Waals surface area (Å²) >= 11 is 0. The van der Waals surface area contributed by atoms with Crippen LogP contribution in [0.4, 0.5) is 0 Å². The van der Waals surface area contributed by atoms with Gasteiger partial charge in [-0.3, -0.25) is 0 Å². The molecule has 0 atom stereocenters. The summed E-state index contributed by atoms with van der Waals surface area (Å²) in [5.41, 5.74) is 0.933. The van der Waals surface area contributed by atoms with E-state index in [1.807, 2.05) is 6.07 Å². The van der Waals surface area contributed by atoms with E-state index in [1.165, 1.54) is 13.2 Å². The van der Waals surface area contributed by atoms with Gasteiger partial charge in [-0.05, 0) is 17.7 Å². The first-order valence-corrected chi connectivity index (χ1v) is 6.65. The van der Waals surface area contributed by atoms with Crippen LogP contribution in [0.5, 0.6) is 5.75 Å². The molecule has 0 radical (unpaired) electrons. The highest BCUT2D eigenvalue weighted by Gasteiger charge is 2.19. The first kappa shape index (κ1) is 12.8. The third-order valence-electron chi connectivity index (χ3n) is 3.67. The number of hydrogen-bond acceptors (Lipinski definition) is 7. The van der Waals surface area contributed by atoms with Crippen molar-refractivity contribution in [2.45, 2.75) is 6.42 Å². The average Bonchev–Trinajstić information content (AvgIpc) is 2.99. The molecule has 0 saturated heterocycles. The molecule has 7 heteroatoms. The standard InChI is InChI=1S/C15H10N2O5/c1-20-14(18)10-5-9-8-4-7-2-3-21-11(7)6-12(8)22-15(19)13(9)17-16-10/h4-6H,2-3H2,1H3. The number of ether oxygens (including phenoxy) is 2. The molecule has 0 amide bonds. The first-order valence-electron chi connectivity index (χ1n) is 6.65. The zero-order chi connectivity index (χ0) is 15.3. The summed E-state index contributed by atoms with van der Waals surface area (Å²) in [6, 6.07) is 5.08. The summed E-state index contributed by atoms with van der Waals surface area (Å²) in [4.78, 5) is 23.6. The molecular weight excluding hydrogens is 288 g/mol. The maximum atomic E-state index is 12.0. The van der Waals surface area contributed by atoms with Gasteiger partial charge in [-0.1, -0.05) is 0 Å². The van der Waals surface area contributed by atoms with Crippen LogP contribution in [0, 0.1) is 0 Å². The maximum absolute atomic E-state index is 12.0. The van der Waals surface area contributed by atoms with Crippen molar-refractivity contribution in [3.8, 4) is 5.75 Å². The molecule has 4 rings (SSSR count). The molecule has 110 valence electrons. The summed E-state index contributed by atoms with van der Waals surface area (Å²) in [5, 5.41) is 8.72. The molecule has 0 bridgehead atoms. The van der Waals surface area contributed by atoms with Crippen molar-refractivity contribution in [1.82, 2.24) is 10.2 Å². The fourth-order valence-corrected chi connectivity index (χ4v) is 2.60. The second kappa shape index (κ2) is 4.52. The lowest BCUT2D eigenvalue weighted by atomic mass is 10.1. The van der Waals surface area contributed by atoms with Crippen LogP contribution >= 0.6 is 0 Å². The number of fused-ring (bicyclic) bond motifs is 4. The number of esters is 1. The van der Waals surface area contributed by atoms with Gasteiger partial charge in [0.05, 0.1) is 13.7 Å². The van der Waals surface area contributed by atoms with Crippen LogP contribution < -0.4 is 10.4 Å². The fraction of sp³-hybridized carbons (Fsp3) is 0.200. The first-order chi connectivity index (χ1) is 10.7. The maximum Gasteiger partial charge on any atom is 0.364 e. The lowest BCUT2D eigenvalue weighted by molar-refractivity contribution is 0.0593. The summed E-state index contributed by atoms with van der Waals surface area (Å²) in [6.07, 6.45) is 0.786. The number of nitrogens with zero attached hydrogens (tertiary/aromatic N) is 2. The Balaban J connectivity index is 2.11. The van der Waals surface area contributed by atoms with Gasteiger partial charge >= 0.3 is 11.6 Å². The van der Waals surface area contributed by atoms with Gasteiger partial charge in [0.1, 0.15) is 11.3 Å². The molecule has 0 aliphatic carbocycles. The van der Waals surface area contributed by atoms with E-state index in [0.29, 0.717) is 28.7 Å². The Hall–Kier alpha value is -2.96. The Labute approximate surface area is 123 Å². The Morgan fingerprint density at radius 2 is 2.09 bits per heavy atom. The van der Waals surface area contributed by atoms with E-state index >= 15 is 0 Å². The van der Waals surface area contributed by atoms with Crippen LogP contribution in [0.2, 0.25) is 0 Å². The van der Waals surface area contributed by atoms with E-state index < -0.39 is 11.6 Å². The zero-order valence-corrected chi connectivity index (χ0v) is 11.6. The van der Waals surface area contributed by atoms with Crippen molar-refractivity contribution in [2.75, 3.05) is 13.7 Å². The predicted molar refractivity (Wildman–Crippen MR) is 76.1 cm³/mol. The summed E-state index contributed by atoms with van der Waals surface area (Å²) < 4.78 is 15.4. The minimum atomic E-state index is -0.611. The third kappa shape index (κ3) is 1.75. The molecule has 3 heterocycles. The topological polar surface area (TPSA) is 91.5 Å². The van der Waals surface area contributed by atoms with E-state index in [2.05, 4.69) is 14.9 Å². The lowest BCUT2D eigenvalue weighted by Gasteiger charge is -2.05. The van der Waals surface area contributed by atoms with Gasteiger partial charge in [-0.25, -0.2) is 9.59 Å². The summed E-state index contributed by atoms with van der Waals surface area (Å²) in [5.74, 6) is 0.102. The minimum Gasteiger partial charge on any atom is -0.493 e. The van der Waals surface area contributed by atoms with Gasteiger partial charge in [0.25, 0.3) is 0 Å². The van der Waals surface area contributed by atoms with Crippen molar-refractivity contribution in [1.29, 1.82) is 0 Å². The molecule has 0 N–H and O–H groups in total. The number of rotatable bonds is 1. The molecule has 0 unspecified atom stereocenters. The van der Waals surface area contributed by atoms with Gasteiger partial charge in [0.2, 0.25) is 0 Å². The van der Waals surface area contributed by atoms with Crippen molar-refractivity contribution in [3.05, 3.63) is 39.9 Å². The molecular formula is C15H10N2O5. The van der Waals surface area contributed by atoms with Crippen LogP contribution in [0.3, 0.4) is 0 Å². The molecule has 1 aliphatic rings. The molecule has 0 spiro atoms. The molecule has 1 aromatic carbocycles. The highest BCUT2D eigenvalue weighted by molar-refractivity contribution is 6.05. The largest absolute Gasteiger partial charge is 0.493 e. The van der Waals surface area contributed by atoms with Gasteiger partial charge in [-0.15, -0.1) is 10.2 Å². The monoisotopic (exact) mass is 298 g/mol.